The second kappa shape index (κ2) is 2.69. The minimum Gasteiger partial charge on any atom is -0.267 e. The smallest absolute Gasteiger partial charge is 0.267 e. The average Bonchev–Trinajstić information content (AvgIpc) is 1.38. The largest absolute Gasteiger partial charge is 0.335 e. The van der Waals surface area contributed by atoms with Crippen LogP contribution in [0.15, 0.2) is 0 Å². The van der Waals surface area contributed by atoms with Crippen molar-refractivity contribution in [3.05, 3.63) is 0 Å². The molecule has 0 aliphatic carbocycles. The minimum atomic E-state index is -2.93. The molecular weight excluding hydrogens is 111 g/mol. The van der Waals surface area contributed by atoms with Gasteiger partial charge in [-0.2, -0.15) is 8.39 Å². The molecule has 0 saturated heterocycles. The van der Waals surface area contributed by atoms with Crippen molar-refractivity contribution >= 4 is 19.1 Å². The van der Waals surface area contributed by atoms with Crippen LogP contribution in [-0.4, -0.2) is 10.4 Å². The highest BCUT2D eigenvalue weighted by molar-refractivity contribution is 7.45. The fraction of sp³-hybridized carbons (Fsp3) is 0. The Kier molecular flexibility index (Phi) is 2.94. The van der Waals surface area contributed by atoms with Gasteiger partial charge in [0.1, 0.15) is 0 Å². The van der Waals surface area contributed by atoms with E-state index in [1.54, 1.807) is 4.75 Å². The predicted octanol–water partition coefficient (Wildman–Crippen LogP) is 0.825. The van der Waals surface area contributed by atoms with Crippen LogP contribution in [0.25, 0.3) is 0 Å². The molecule has 3 radical (unpaired) electrons. The molecular formula is HF2NPSi. The summed E-state index contributed by atoms with van der Waals surface area (Å²) in [6.07, 6.45) is 0. The molecule has 0 unspecified atom stereocenters. The first-order chi connectivity index (χ1) is 2.27. The van der Waals surface area contributed by atoms with E-state index in [2.05, 4.69) is 10.4 Å². The Morgan fingerprint density at radius 3 is 1.80 bits per heavy atom. The standard InChI is InChI=1S/F2HNPSi/c1-4(2)3-5/h3H. The minimum absolute atomic E-state index is 1.56. The van der Waals surface area contributed by atoms with Crippen LogP contribution in [0.2, 0.25) is 0 Å². The molecule has 1 nitrogen and oxygen atoms in total. The Labute approximate surface area is 33.3 Å². The van der Waals surface area contributed by atoms with Gasteiger partial charge < -0.3 is 0 Å². The highest BCUT2D eigenvalue weighted by Gasteiger charge is 1.92. The number of hydrogen-bond donors (Lipinski definition) is 1. The van der Waals surface area contributed by atoms with Crippen LogP contribution in [0.1, 0.15) is 0 Å². The second-order valence-electron chi connectivity index (χ2n) is 0.345. The highest BCUT2D eigenvalue weighted by atomic mass is 31.2. The summed E-state index contributed by atoms with van der Waals surface area (Å²) < 4.78 is 22.9. The zero-order valence-corrected chi connectivity index (χ0v) is 4.10. The van der Waals surface area contributed by atoms with Gasteiger partial charge in [-0.25, -0.2) is 0 Å². The Morgan fingerprint density at radius 1 is 1.60 bits per heavy atom. The van der Waals surface area contributed by atoms with E-state index >= 15 is 0 Å². The third-order valence-corrected chi connectivity index (χ3v) is 0.761. The normalized spacial score (nSPS) is 9.60. The van der Waals surface area contributed by atoms with Crippen LogP contribution in [-0.2, 0) is 0 Å². The molecule has 0 heterocycles. The van der Waals surface area contributed by atoms with E-state index in [4.69, 9.17) is 0 Å². The lowest BCUT2D eigenvalue weighted by Crippen LogP contribution is -1.90. The zero-order chi connectivity index (χ0) is 4.28. The van der Waals surface area contributed by atoms with Crippen LogP contribution in [0.4, 0.5) is 8.39 Å². The predicted molar refractivity (Wildman–Crippen MR) is 18.0 cm³/mol. The summed E-state index contributed by atoms with van der Waals surface area (Å²) in [4.78, 5) is 0. The van der Waals surface area contributed by atoms with Gasteiger partial charge in [-0.3, -0.25) is 4.75 Å². The molecule has 1 N–H and O–H groups in total. The van der Waals surface area contributed by atoms with Gasteiger partial charge in [0, 0.05) is 0 Å². The van der Waals surface area contributed by atoms with Gasteiger partial charge in [-0.05, 0) is 0 Å². The molecule has 0 saturated carbocycles. The summed E-state index contributed by atoms with van der Waals surface area (Å²) in [5.41, 5.74) is 0. The molecule has 0 spiro atoms. The summed E-state index contributed by atoms with van der Waals surface area (Å²) in [5.74, 6) is 0. The SMILES string of the molecule is FP(F)N[Si]. The molecule has 0 aromatic heterocycles. The fourth-order valence-corrected chi connectivity index (χ4v) is 0. The number of rotatable bonds is 1. The van der Waals surface area contributed by atoms with Gasteiger partial charge in [-0.15, -0.1) is 0 Å². The maximum atomic E-state index is 10.7. The Hall–Kier alpha value is 0.467. The van der Waals surface area contributed by atoms with E-state index in [9.17, 15) is 8.39 Å². The molecule has 0 rings (SSSR count). The van der Waals surface area contributed by atoms with Crippen molar-refractivity contribution in [2.45, 2.75) is 0 Å². The maximum absolute atomic E-state index is 10.7. The molecule has 0 aliphatic heterocycles. The third-order valence-electron chi connectivity index (χ3n) is 0.0845. The van der Waals surface area contributed by atoms with E-state index in [0.717, 1.165) is 0 Å². The quantitative estimate of drug-likeness (QED) is 0.391. The van der Waals surface area contributed by atoms with Gasteiger partial charge >= 0.3 is 8.69 Å². The first-order valence-corrected chi connectivity index (χ1v) is 2.44. The van der Waals surface area contributed by atoms with E-state index in [0.29, 0.717) is 0 Å². The van der Waals surface area contributed by atoms with Crippen LogP contribution in [0, 0.1) is 0 Å². The third kappa shape index (κ3) is 4.47. The second-order valence-corrected chi connectivity index (χ2v) is 1.70. The molecule has 0 aliphatic rings. The van der Waals surface area contributed by atoms with Gasteiger partial charge in [0.15, 0.2) is 10.4 Å². The number of halogens is 2. The van der Waals surface area contributed by atoms with E-state index in [1.807, 2.05) is 0 Å². The van der Waals surface area contributed by atoms with Gasteiger partial charge in [0.2, 0.25) is 0 Å². The first kappa shape index (κ1) is 5.47. The summed E-state index contributed by atoms with van der Waals surface area (Å²) in [7, 11) is -0.551. The van der Waals surface area contributed by atoms with Crippen LogP contribution < -0.4 is 4.75 Å². The Bertz CT molecular complexity index is 23.6. The van der Waals surface area contributed by atoms with E-state index in [-0.39, 0.29) is 0 Å². The lowest BCUT2D eigenvalue weighted by Gasteiger charge is -1.82. The topological polar surface area (TPSA) is 12.0 Å². The van der Waals surface area contributed by atoms with Gasteiger partial charge in [-0.1, -0.05) is 0 Å². The van der Waals surface area contributed by atoms with Crippen molar-refractivity contribution in [3.8, 4) is 0 Å². The summed E-state index contributed by atoms with van der Waals surface area (Å²) in [6, 6.07) is 0. The van der Waals surface area contributed by atoms with Crippen LogP contribution >= 0.6 is 8.69 Å². The van der Waals surface area contributed by atoms with Crippen molar-refractivity contribution in [2.75, 3.05) is 0 Å². The zero-order valence-electron chi connectivity index (χ0n) is 2.20. The molecule has 0 atom stereocenters. The number of hydrogen-bond acceptors (Lipinski definition) is 1. The first-order valence-electron chi connectivity index (χ1n) is 0.812. The molecule has 5 heteroatoms. The van der Waals surface area contributed by atoms with Crippen molar-refractivity contribution in [1.82, 2.24) is 4.75 Å². The number of nitrogens with one attached hydrogen (secondary N) is 1. The summed E-state index contributed by atoms with van der Waals surface area (Å²) in [5, 5.41) is 0. The molecule has 0 amide bonds. The lowest BCUT2D eigenvalue weighted by atomic mass is 13.9. The van der Waals surface area contributed by atoms with E-state index in [1.165, 1.54) is 0 Å². The molecule has 0 aromatic carbocycles. The summed E-state index contributed by atoms with van der Waals surface area (Å²) >= 11 is 0. The monoisotopic (exact) mass is 112 g/mol. The van der Waals surface area contributed by atoms with Crippen LogP contribution in [0.5, 0.6) is 0 Å². The Balaban J connectivity index is 2.54. The molecule has 0 fully saturated rings. The van der Waals surface area contributed by atoms with Crippen molar-refractivity contribution in [3.63, 3.8) is 0 Å². The van der Waals surface area contributed by atoms with Gasteiger partial charge in [0.05, 0.1) is 0 Å². The molecule has 0 aromatic rings. The van der Waals surface area contributed by atoms with Crippen molar-refractivity contribution in [2.24, 2.45) is 0 Å². The fourth-order valence-electron chi connectivity index (χ4n) is 0. The maximum Gasteiger partial charge on any atom is 0.335 e. The van der Waals surface area contributed by atoms with Gasteiger partial charge in [0.25, 0.3) is 0 Å². The molecule has 0 bridgehead atoms. The average molecular weight is 112 g/mol. The molecule has 29 valence electrons. The van der Waals surface area contributed by atoms with Crippen molar-refractivity contribution in [1.29, 1.82) is 0 Å². The van der Waals surface area contributed by atoms with Crippen molar-refractivity contribution < 1.29 is 8.39 Å². The van der Waals surface area contributed by atoms with Crippen LogP contribution in [0.3, 0.4) is 0 Å². The summed E-state index contributed by atoms with van der Waals surface area (Å²) in [6.45, 7) is 0. The highest BCUT2D eigenvalue weighted by Crippen LogP contribution is 2.30. The van der Waals surface area contributed by atoms with E-state index < -0.39 is 8.69 Å². The lowest BCUT2D eigenvalue weighted by molar-refractivity contribution is 0.737. The molecule has 5 heavy (non-hydrogen) atoms. The Morgan fingerprint density at radius 2 is 1.80 bits per heavy atom.